The first-order valence-electron chi connectivity index (χ1n) is 7.80. The minimum atomic E-state index is -0.502. The van der Waals surface area contributed by atoms with E-state index in [1.165, 1.54) is 4.57 Å². The number of carbonyl (C=O) groups excluding carboxylic acids is 1. The van der Waals surface area contributed by atoms with E-state index in [0.717, 1.165) is 28.6 Å². The van der Waals surface area contributed by atoms with E-state index in [1.54, 1.807) is 23.1 Å². The Morgan fingerprint density at radius 1 is 1.21 bits per heavy atom. The van der Waals surface area contributed by atoms with Gasteiger partial charge in [0.25, 0.3) is 0 Å². The van der Waals surface area contributed by atoms with Crippen LogP contribution in [0.3, 0.4) is 0 Å². The quantitative estimate of drug-likeness (QED) is 0.678. The van der Waals surface area contributed by atoms with Gasteiger partial charge in [0, 0.05) is 16.7 Å². The summed E-state index contributed by atoms with van der Waals surface area (Å²) in [6, 6.07) is 13.1. The third kappa shape index (κ3) is 2.57. The zero-order valence-corrected chi connectivity index (χ0v) is 14.5. The molecule has 2 heterocycles. The highest BCUT2D eigenvalue weighted by Gasteiger charge is 2.24. The van der Waals surface area contributed by atoms with Crippen molar-refractivity contribution >= 4 is 38.6 Å². The van der Waals surface area contributed by atoms with Crippen LogP contribution in [0.25, 0.3) is 11.1 Å². The van der Waals surface area contributed by atoms with Gasteiger partial charge in [-0.2, -0.15) is 0 Å². The summed E-state index contributed by atoms with van der Waals surface area (Å²) in [5.41, 5.74) is 3.21. The number of amides is 1. The molecule has 1 aliphatic heterocycles. The Hall–Kier alpha value is -2.34. The lowest BCUT2D eigenvalue weighted by Crippen LogP contribution is -2.39. The molecule has 0 aliphatic carbocycles. The number of rotatable bonds is 2. The topological polar surface area (TPSA) is 55.5 Å². The van der Waals surface area contributed by atoms with Gasteiger partial charge in [-0.25, -0.2) is 4.79 Å². The van der Waals surface area contributed by atoms with E-state index in [-0.39, 0.29) is 12.5 Å². The molecule has 0 bridgehead atoms. The molecule has 0 fully saturated rings. The predicted molar refractivity (Wildman–Crippen MR) is 95.3 cm³/mol. The molecule has 0 unspecified atom stereocenters. The van der Waals surface area contributed by atoms with Crippen molar-refractivity contribution in [2.45, 2.75) is 19.4 Å². The summed E-state index contributed by atoms with van der Waals surface area (Å²) in [5, 5.41) is 0. The van der Waals surface area contributed by atoms with Gasteiger partial charge in [0.05, 0.1) is 5.52 Å². The molecule has 3 aromatic rings. The molecule has 24 heavy (non-hydrogen) atoms. The number of para-hydroxylation sites is 2. The van der Waals surface area contributed by atoms with E-state index < -0.39 is 5.76 Å². The zero-order valence-electron chi connectivity index (χ0n) is 12.9. The van der Waals surface area contributed by atoms with Crippen LogP contribution in [0.5, 0.6) is 0 Å². The summed E-state index contributed by atoms with van der Waals surface area (Å²) < 4.78 is 7.60. The zero-order chi connectivity index (χ0) is 16.7. The number of carbonyl (C=O) groups is 1. The van der Waals surface area contributed by atoms with Gasteiger partial charge in [0.1, 0.15) is 6.54 Å². The van der Waals surface area contributed by atoms with Crippen LogP contribution in [0, 0.1) is 0 Å². The van der Waals surface area contributed by atoms with Crippen molar-refractivity contribution in [3.63, 3.8) is 0 Å². The van der Waals surface area contributed by atoms with Crippen molar-refractivity contribution < 1.29 is 9.21 Å². The van der Waals surface area contributed by atoms with Crippen LogP contribution in [0.2, 0.25) is 0 Å². The van der Waals surface area contributed by atoms with E-state index >= 15 is 0 Å². The molecule has 0 saturated heterocycles. The summed E-state index contributed by atoms with van der Waals surface area (Å²) >= 11 is 3.47. The van der Waals surface area contributed by atoms with Gasteiger partial charge in [-0.3, -0.25) is 9.36 Å². The van der Waals surface area contributed by atoms with E-state index in [0.29, 0.717) is 17.6 Å². The maximum Gasteiger partial charge on any atom is 0.420 e. The number of fused-ring (bicyclic) bond motifs is 2. The van der Waals surface area contributed by atoms with Gasteiger partial charge in [0.2, 0.25) is 5.91 Å². The van der Waals surface area contributed by atoms with E-state index in [2.05, 4.69) is 15.9 Å². The van der Waals surface area contributed by atoms with Crippen LogP contribution in [0.1, 0.15) is 12.0 Å². The summed E-state index contributed by atoms with van der Waals surface area (Å²) in [4.78, 5) is 26.7. The van der Waals surface area contributed by atoms with Gasteiger partial charge in [-0.15, -0.1) is 0 Å². The number of hydrogen-bond acceptors (Lipinski definition) is 3. The highest BCUT2D eigenvalue weighted by molar-refractivity contribution is 9.10. The largest absolute Gasteiger partial charge is 0.420 e. The first kappa shape index (κ1) is 15.2. The lowest BCUT2D eigenvalue weighted by molar-refractivity contribution is -0.119. The van der Waals surface area contributed by atoms with Crippen LogP contribution in [-0.4, -0.2) is 17.0 Å². The van der Waals surface area contributed by atoms with Crippen LogP contribution in [0.15, 0.2) is 56.1 Å². The van der Waals surface area contributed by atoms with Crippen LogP contribution < -0.4 is 10.7 Å². The summed E-state index contributed by atoms with van der Waals surface area (Å²) in [6.45, 7) is 0.642. The SMILES string of the molecule is O=C(Cn1c(=O)oc2ccccc21)N1CCCc2cc(Br)ccc21. The minimum absolute atomic E-state index is 0.0225. The van der Waals surface area contributed by atoms with E-state index in [4.69, 9.17) is 4.42 Å². The maximum absolute atomic E-state index is 12.8. The van der Waals surface area contributed by atoms with E-state index in [9.17, 15) is 9.59 Å². The van der Waals surface area contributed by atoms with Crippen molar-refractivity contribution in [3.8, 4) is 0 Å². The Bertz CT molecular complexity index is 989. The van der Waals surface area contributed by atoms with Crippen LogP contribution in [0.4, 0.5) is 5.69 Å². The van der Waals surface area contributed by atoms with Gasteiger partial charge >= 0.3 is 5.76 Å². The van der Waals surface area contributed by atoms with Gasteiger partial charge in [0.15, 0.2) is 5.58 Å². The first-order chi connectivity index (χ1) is 11.6. The molecule has 122 valence electrons. The Morgan fingerprint density at radius 3 is 2.92 bits per heavy atom. The van der Waals surface area contributed by atoms with Gasteiger partial charge in [-0.05, 0) is 48.7 Å². The van der Waals surface area contributed by atoms with Crippen LogP contribution in [-0.2, 0) is 17.8 Å². The standard InChI is InChI=1S/C18H15BrN2O3/c19-13-7-8-14-12(10-13)4-3-9-20(14)17(22)11-21-15-5-1-2-6-16(15)24-18(21)23/h1-2,5-8,10H,3-4,9,11H2. The molecule has 1 amide bonds. The Kier molecular flexibility index (Phi) is 3.76. The molecule has 2 aromatic carbocycles. The van der Waals surface area contributed by atoms with Crippen molar-refractivity contribution in [2.75, 3.05) is 11.4 Å². The number of hydrogen-bond donors (Lipinski definition) is 0. The van der Waals surface area contributed by atoms with Gasteiger partial charge < -0.3 is 9.32 Å². The first-order valence-corrected chi connectivity index (χ1v) is 8.60. The molecule has 1 aromatic heterocycles. The second-order valence-corrected chi connectivity index (χ2v) is 6.76. The fraction of sp³-hybridized carbons (Fsp3) is 0.222. The molecule has 0 saturated carbocycles. The second kappa shape index (κ2) is 5.94. The minimum Gasteiger partial charge on any atom is -0.408 e. The lowest BCUT2D eigenvalue weighted by atomic mass is 10.0. The highest BCUT2D eigenvalue weighted by Crippen LogP contribution is 2.30. The van der Waals surface area contributed by atoms with Crippen molar-refractivity contribution in [3.05, 3.63) is 63.1 Å². The average molecular weight is 387 g/mol. The Balaban J connectivity index is 1.68. The third-order valence-corrected chi connectivity index (χ3v) is 4.82. The normalized spacial score (nSPS) is 14.0. The number of aryl methyl sites for hydroxylation is 1. The average Bonchev–Trinajstić information content (AvgIpc) is 2.89. The molecule has 0 atom stereocenters. The Morgan fingerprint density at radius 2 is 2.04 bits per heavy atom. The smallest absolute Gasteiger partial charge is 0.408 e. The van der Waals surface area contributed by atoms with Crippen molar-refractivity contribution in [1.82, 2.24) is 4.57 Å². The predicted octanol–water partition coefficient (Wildman–Crippen LogP) is 3.34. The summed E-state index contributed by atoms with van der Waals surface area (Å²) in [7, 11) is 0. The number of benzene rings is 2. The number of nitrogens with zero attached hydrogens (tertiary/aromatic N) is 2. The van der Waals surface area contributed by atoms with Crippen molar-refractivity contribution in [2.24, 2.45) is 0 Å². The van der Waals surface area contributed by atoms with Crippen LogP contribution >= 0.6 is 15.9 Å². The number of halogens is 1. The fourth-order valence-corrected chi connectivity index (χ4v) is 3.62. The van der Waals surface area contributed by atoms with E-state index in [1.807, 2.05) is 24.3 Å². The van der Waals surface area contributed by atoms with Gasteiger partial charge in [-0.1, -0.05) is 28.1 Å². The third-order valence-electron chi connectivity index (χ3n) is 4.33. The number of oxazole rings is 1. The van der Waals surface area contributed by atoms with Crippen molar-refractivity contribution in [1.29, 1.82) is 0 Å². The maximum atomic E-state index is 12.8. The molecule has 0 spiro atoms. The number of aromatic nitrogens is 1. The molecule has 5 nitrogen and oxygen atoms in total. The molecular weight excluding hydrogens is 372 g/mol. The highest BCUT2D eigenvalue weighted by atomic mass is 79.9. The molecule has 4 rings (SSSR count). The molecular formula is C18H15BrN2O3. The summed E-state index contributed by atoms with van der Waals surface area (Å²) in [5.74, 6) is -0.607. The fourth-order valence-electron chi connectivity index (χ4n) is 3.21. The molecule has 0 radical (unpaired) electrons. The Labute approximate surface area is 146 Å². The monoisotopic (exact) mass is 386 g/mol. The second-order valence-electron chi connectivity index (χ2n) is 5.84. The molecule has 0 N–H and O–H groups in total. The molecule has 6 heteroatoms. The number of anilines is 1. The molecule has 1 aliphatic rings. The summed E-state index contributed by atoms with van der Waals surface area (Å²) in [6.07, 6.45) is 1.86. The lowest BCUT2D eigenvalue weighted by Gasteiger charge is -2.29.